The Morgan fingerprint density at radius 1 is 1.19 bits per heavy atom. The minimum atomic E-state index is -0.469. The predicted octanol–water partition coefficient (Wildman–Crippen LogP) is 5.45. The number of fused-ring (bicyclic) bond motifs is 1. The molecule has 8 heteroatoms. The maximum atomic E-state index is 13.4. The summed E-state index contributed by atoms with van der Waals surface area (Å²) in [6.45, 7) is 3.86. The van der Waals surface area contributed by atoms with Crippen molar-refractivity contribution in [2.45, 2.75) is 31.8 Å². The molecule has 0 amide bonds. The SMILES string of the molecule is O=C(CC1CCN(CCCOc2ccc(Cl)c(F)c2)CC1)C1CNc2cc(Cl)ccc2O1. The maximum absolute atomic E-state index is 13.4. The molecule has 1 saturated heterocycles. The van der Waals surface area contributed by atoms with Gasteiger partial charge in [0.05, 0.1) is 23.9 Å². The van der Waals surface area contributed by atoms with Crippen molar-refractivity contribution in [2.75, 3.05) is 38.1 Å². The number of Topliss-reactive ketones (excluding diaryl/α,β-unsaturated/α-hetero) is 1. The number of anilines is 1. The lowest BCUT2D eigenvalue weighted by atomic mass is 9.90. The van der Waals surface area contributed by atoms with Gasteiger partial charge in [-0.3, -0.25) is 4.79 Å². The molecule has 32 heavy (non-hydrogen) atoms. The summed E-state index contributed by atoms with van der Waals surface area (Å²) >= 11 is 11.7. The van der Waals surface area contributed by atoms with Crippen LogP contribution in [0.2, 0.25) is 10.0 Å². The Morgan fingerprint density at radius 3 is 2.78 bits per heavy atom. The summed E-state index contributed by atoms with van der Waals surface area (Å²) in [5, 5.41) is 3.98. The number of piperidine rings is 1. The number of likely N-dealkylation sites (tertiary alicyclic amines) is 1. The molecule has 0 saturated carbocycles. The van der Waals surface area contributed by atoms with Gasteiger partial charge < -0.3 is 19.7 Å². The fraction of sp³-hybridized carbons (Fsp3) is 0.458. The number of hydrogen-bond acceptors (Lipinski definition) is 5. The lowest BCUT2D eigenvalue weighted by Crippen LogP contribution is -2.40. The van der Waals surface area contributed by atoms with Gasteiger partial charge in [-0.25, -0.2) is 4.39 Å². The third-order valence-electron chi connectivity index (χ3n) is 6.02. The predicted molar refractivity (Wildman–Crippen MR) is 125 cm³/mol. The van der Waals surface area contributed by atoms with Crippen LogP contribution in [0.3, 0.4) is 0 Å². The highest BCUT2D eigenvalue weighted by Crippen LogP contribution is 2.32. The van der Waals surface area contributed by atoms with Crippen LogP contribution in [-0.2, 0) is 4.79 Å². The van der Waals surface area contributed by atoms with Crippen molar-refractivity contribution in [3.8, 4) is 11.5 Å². The summed E-state index contributed by atoms with van der Waals surface area (Å²) in [4.78, 5) is 15.2. The Bertz CT molecular complexity index is 951. The number of carbonyl (C=O) groups is 1. The van der Waals surface area contributed by atoms with E-state index >= 15 is 0 Å². The number of nitrogens with zero attached hydrogens (tertiary/aromatic N) is 1. The van der Waals surface area contributed by atoms with Crippen LogP contribution >= 0.6 is 23.2 Å². The number of nitrogens with one attached hydrogen (secondary N) is 1. The summed E-state index contributed by atoms with van der Waals surface area (Å²) in [5.74, 6) is 1.25. The topological polar surface area (TPSA) is 50.8 Å². The van der Waals surface area contributed by atoms with E-state index in [-0.39, 0.29) is 10.8 Å². The molecule has 0 bridgehead atoms. The molecular formula is C24H27Cl2FN2O3. The molecule has 2 aliphatic rings. The fourth-order valence-electron chi connectivity index (χ4n) is 4.20. The van der Waals surface area contributed by atoms with Crippen LogP contribution in [0.1, 0.15) is 25.7 Å². The van der Waals surface area contributed by atoms with Crippen LogP contribution in [0, 0.1) is 11.7 Å². The van der Waals surface area contributed by atoms with Gasteiger partial charge in [-0.05, 0) is 68.6 Å². The molecule has 4 rings (SSSR count). The molecule has 1 N–H and O–H groups in total. The third-order valence-corrected chi connectivity index (χ3v) is 6.56. The molecule has 2 aromatic rings. The third kappa shape index (κ3) is 6.06. The molecule has 0 aromatic heterocycles. The molecule has 0 radical (unpaired) electrons. The highest BCUT2D eigenvalue weighted by atomic mass is 35.5. The molecule has 5 nitrogen and oxygen atoms in total. The Morgan fingerprint density at radius 2 is 2.00 bits per heavy atom. The van der Waals surface area contributed by atoms with E-state index in [4.69, 9.17) is 32.7 Å². The quantitative estimate of drug-likeness (QED) is 0.509. The number of carbonyl (C=O) groups excluding carboxylic acids is 1. The molecule has 172 valence electrons. The average Bonchev–Trinajstić information content (AvgIpc) is 2.79. The standard InChI is InChI=1S/C24H27Cl2FN2O3/c25-17-2-5-23-21(13-17)28-15-24(32-23)22(30)12-16-6-9-29(10-7-16)8-1-11-31-18-3-4-19(26)20(27)14-18/h2-5,13-14,16,24,28H,1,6-12,15H2. The molecule has 1 fully saturated rings. The monoisotopic (exact) mass is 480 g/mol. The minimum absolute atomic E-state index is 0.0970. The summed E-state index contributed by atoms with van der Waals surface area (Å²) < 4.78 is 25.0. The second-order valence-corrected chi connectivity index (χ2v) is 9.20. The van der Waals surface area contributed by atoms with Gasteiger partial charge in [0.1, 0.15) is 17.3 Å². The van der Waals surface area contributed by atoms with Crippen molar-refractivity contribution in [3.05, 3.63) is 52.3 Å². The molecule has 2 heterocycles. The van der Waals surface area contributed by atoms with E-state index < -0.39 is 11.9 Å². The van der Waals surface area contributed by atoms with Crippen molar-refractivity contribution in [2.24, 2.45) is 5.92 Å². The lowest BCUT2D eigenvalue weighted by molar-refractivity contribution is -0.126. The highest BCUT2D eigenvalue weighted by molar-refractivity contribution is 6.31. The molecule has 2 aliphatic heterocycles. The van der Waals surface area contributed by atoms with Crippen LogP contribution < -0.4 is 14.8 Å². The van der Waals surface area contributed by atoms with Crippen molar-refractivity contribution >= 4 is 34.7 Å². The number of ether oxygens (including phenoxy) is 2. The average molecular weight is 481 g/mol. The number of benzene rings is 2. The van der Waals surface area contributed by atoms with E-state index in [0.717, 1.165) is 44.6 Å². The summed E-state index contributed by atoms with van der Waals surface area (Å²) in [6, 6.07) is 9.86. The summed E-state index contributed by atoms with van der Waals surface area (Å²) in [7, 11) is 0. The Labute approximate surface area is 197 Å². The fourth-order valence-corrected chi connectivity index (χ4v) is 4.48. The lowest BCUT2D eigenvalue weighted by Gasteiger charge is -2.33. The van der Waals surface area contributed by atoms with Crippen LogP contribution in [-0.4, -0.2) is 49.6 Å². The number of hydrogen-bond donors (Lipinski definition) is 1. The molecule has 1 atom stereocenters. The molecule has 0 aliphatic carbocycles. The summed E-state index contributed by atoms with van der Waals surface area (Å²) in [5.41, 5.74) is 0.833. The van der Waals surface area contributed by atoms with Crippen LogP contribution in [0.25, 0.3) is 0 Å². The van der Waals surface area contributed by atoms with Crippen molar-refractivity contribution < 1.29 is 18.7 Å². The molecule has 0 spiro atoms. The minimum Gasteiger partial charge on any atom is -0.493 e. The van der Waals surface area contributed by atoms with E-state index in [9.17, 15) is 9.18 Å². The molecule has 1 unspecified atom stereocenters. The highest BCUT2D eigenvalue weighted by Gasteiger charge is 2.29. The van der Waals surface area contributed by atoms with Gasteiger partial charge in [-0.2, -0.15) is 0 Å². The zero-order valence-corrected chi connectivity index (χ0v) is 19.3. The van der Waals surface area contributed by atoms with Gasteiger partial charge in [0, 0.05) is 24.1 Å². The Hall–Kier alpha value is -2.02. The van der Waals surface area contributed by atoms with Gasteiger partial charge >= 0.3 is 0 Å². The summed E-state index contributed by atoms with van der Waals surface area (Å²) in [6.07, 6.45) is 2.96. The smallest absolute Gasteiger partial charge is 0.175 e. The van der Waals surface area contributed by atoms with E-state index in [1.807, 2.05) is 6.07 Å². The first-order valence-electron chi connectivity index (χ1n) is 11.0. The number of rotatable bonds is 8. The van der Waals surface area contributed by atoms with Crippen molar-refractivity contribution in [1.82, 2.24) is 4.90 Å². The first kappa shape index (κ1) is 23.1. The molecular weight excluding hydrogens is 454 g/mol. The van der Waals surface area contributed by atoms with Gasteiger partial charge in [0.15, 0.2) is 11.9 Å². The van der Waals surface area contributed by atoms with Crippen LogP contribution in [0.4, 0.5) is 10.1 Å². The number of ketones is 1. The maximum Gasteiger partial charge on any atom is 0.175 e. The van der Waals surface area contributed by atoms with E-state index in [0.29, 0.717) is 42.0 Å². The first-order chi connectivity index (χ1) is 15.5. The first-order valence-corrected chi connectivity index (χ1v) is 11.8. The second kappa shape index (κ2) is 10.7. The molecule has 2 aromatic carbocycles. The van der Waals surface area contributed by atoms with Crippen molar-refractivity contribution in [3.63, 3.8) is 0 Å². The van der Waals surface area contributed by atoms with Crippen LogP contribution in [0.15, 0.2) is 36.4 Å². The van der Waals surface area contributed by atoms with Gasteiger partial charge in [-0.15, -0.1) is 0 Å². The zero-order chi connectivity index (χ0) is 22.5. The number of halogens is 3. The van der Waals surface area contributed by atoms with Crippen LogP contribution in [0.5, 0.6) is 11.5 Å². The van der Waals surface area contributed by atoms with Crippen molar-refractivity contribution in [1.29, 1.82) is 0 Å². The normalized spacial score (nSPS) is 19.0. The second-order valence-electron chi connectivity index (χ2n) is 8.36. The zero-order valence-electron chi connectivity index (χ0n) is 17.8. The van der Waals surface area contributed by atoms with Gasteiger partial charge in [-0.1, -0.05) is 23.2 Å². The van der Waals surface area contributed by atoms with E-state index in [1.165, 1.54) is 12.1 Å². The van der Waals surface area contributed by atoms with Gasteiger partial charge in [0.25, 0.3) is 0 Å². The van der Waals surface area contributed by atoms with E-state index in [2.05, 4.69) is 10.2 Å². The Kier molecular flexibility index (Phi) is 7.76. The van der Waals surface area contributed by atoms with E-state index in [1.54, 1.807) is 18.2 Å². The Balaban J connectivity index is 1.14. The largest absolute Gasteiger partial charge is 0.493 e. The van der Waals surface area contributed by atoms with Gasteiger partial charge in [0.2, 0.25) is 0 Å².